The Bertz CT molecular complexity index is 70.8. The predicted octanol–water partition coefficient (Wildman–Crippen LogP) is 0.355. The van der Waals surface area contributed by atoms with Gasteiger partial charge in [0.15, 0.2) is 0 Å². The first-order valence-electron chi connectivity index (χ1n) is 2.80. The molecule has 2 N–H and O–H groups in total. The van der Waals surface area contributed by atoms with Crippen LogP contribution in [0.25, 0.3) is 0 Å². The molecule has 8 heavy (non-hydrogen) atoms. The average Bonchev–Trinajstić information content (AvgIpc) is 1.66. The lowest BCUT2D eigenvalue weighted by atomic mass is 9.91. The van der Waals surface area contributed by atoms with Crippen LogP contribution >= 0.6 is 0 Å². The van der Waals surface area contributed by atoms with Crippen molar-refractivity contribution < 1.29 is 10.0 Å². The van der Waals surface area contributed by atoms with Crippen molar-refractivity contribution in [1.29, 1.82) is 0 Å². The van der Waals surface area contributed by atoms with E-state index < -0.39 is 7.12 Å². The van der Waals surface area contributed by atoms with E-state index in [4.69, 9.17) is 10.0 Å². The number of rotatable bonds is 3. The summed E-state index contributed by atoms with van der Waals surface area (Å²) < 4.78 is 0. The van der Waals surface area contributed by atoms with E-state index in [0.717, 1.165) is 12.8 Å². The summed E-state index contributed by atoms with van der Waals surface area (Å²) in [7, 11) is -1.28. The molecule has 0 aliphatic carbocycles. The van der Waals surface area contributed by atoms with Gasteiger partial charge in [0.1, 0.15) is 0 Å². The largest absolute Gasteiger partial charge is 0.480 e. The molecule has 0 amide bonds. The van der Waals surface area contributed by atoms with E-state index >= 15 is 0 Å². The Kier molecular flexibility index (Phi) is 4.71. The Hall–Kier alpha value is -0.275. The maximum atomic E-state index is 8.25. The molecule has 0 bridgehead atoms. The summed E-state index contributed by atoms with van der Waals surface area (Å²) in [6.45, 7) is 2.04. The Morgan fingerprint density at radius 2 is 2.12 bits per heavy atom. The minimum Gasteiger partial charge on any atom is -0.424 e. The third-order valence-electron chi connectivity index (χ3n) is 0.764. The normalized spacial score (nSPS) is 10.4. The molecule has 0 aliphatic heterocycles. The van der Waals surface area contributed by atoms with Crippen LogP contribution in [0.15, 0.2) is 12.1 Å². The zero-order valence-electron chi connectivity index (χ0n) is 5.04. The van der Waals surface area contributed by atoms with Crippen LogP contribution in [-0.4, -0.2) is 17.2 Å². The maximum Gasteiger partial charge on any atom is 0.480 e. The molecule has 0 saturated carbocycles. The monoisotopic (exact) mass is 114 g/mol. The summed E-state index contributed by atoms with van der Waals surface area (Å²) in [4.78, 5) is 0. The minimum absolute atomic E-state index is 0.914. The first kappa shape index (κ1) is 7.72. The average molecular weight is 114 g/mol. The van der Waals surface area contributed by atoms with Crippen LogP contribution in [-0.2, 0) is 0 Å². The van der Waals surface area contributed by atoms with Gasteiger partial charge in [-0.3, -0.25) is 0 Å². The maximum absolute atomic E-state index is 8.25. The molecule has 0 aromatic rings. The molecule has 46 valence electrons. The smallest absolute Gasteiger partial charge is 0.424 e. The van der Waals surface area contributed by atoms with Gasteiger partial charge in [0.25, 0.3) is 0 Å². The molecule has 0 spiro atoms. The van der Waals surface area contributed by atoms with Crippen molar-refractivity contribution in [1.82, 2.24) is 0 Å². The molecule has 3 heteroatoms. The Morgan fingerprint density at radius 3 is 2.50 bits per heavy atom. The van der Waals surface area contributed by atoms with Crippen LogP contribution < -0.4 is 0 Å². The van der Waals surface area contributed by atoms with Gasteiger partial charge in [-0.15, -0.1) is 0 Å². The summed E-state index contributed by atoms with van der Waals surface area (Å²) in [5.74, 6) is 1.36. The highest BCUT2D eigenvalue weighted by atomic mass is 16.4. The van der Waals surface area contributed by atoms with Crippen LogP contribution in [0.1, 0.15) is 19.8 Å². The quantitative estimate of drug-likeness (QED) is 0.520. The molecular weight excluding hydrogens is 103 g/mol. The molecule has 0 aromatic carbocycles. The fourth-order valence-electron chi connectivity index (χ4n) is 0.385. The van der Waals surface area contributed by atoms with Crippen LogP contribution in [0.5, 0.6) is 0 Å². The van der Waals surface area contributed by atoms with E-state index in [2.05, 4.69) is 0 Å². The number of unbranched alkanes of at least 4 members (excludes halogenated alkanes) is 1. The molecule has 0 heterocycles. The van der Waals surface area contributed by atoms with Gasteiger partial charge in [-0.05, 0) is 6.42 Å². The molecule has 0 atom stereocenters. The summed E-state index contributed by atoms with van der Waals surface area (Å²) in [5.41, 5.74) is 0. The summed E-state index contributed by atoms with van der Waals surface area (Å²) in [6, 6.07) is 0. The van der Waals surface area contributed by atoms with Crippen molar-refractivity contribution in [3.63, 3.8) is 0 Å². The van der Waals surface area contributed by atoms with Crippen molar-refractivity contribution in [2.45, 2.75) is 19.8 Å². The van der Waals surface area contributed by atoms with Gasteiger partial charge in [0.05, 0.1) is 0 Å². The number of allylic oxidation sites excluding steroid dienone is 1. The molecule has 2 nitrogen and oxygen atoms in total. The molecule has 0 aliphatic rings. The summed E-state index contributed by atoms with van der Waals surface area (Å²) >= 11 is 0. The Morgan fingerprint density at radius 1 is 1.50 bits per heavy atom. The zero-order chi connectivity index (χ0) is 6.41. The van der Waals surface area contributed by atoms with Crippen LogP contribution in [0.2, 0.25) is 0 Å². The van der Waals surface area contributed by atoms with E-state index in [-0.39, 0.29) is 0 Å². The third kappa shape index (κ3) is 5.72. The van der Waals surface area contributed by atoms with Gasteiger partial charge in [0, 0.05) is 0 Å². The Balaban J connectivity index is 3.07. The van der Waals surface area contributed by atoms with Crippen molar-refractivity contribution in [3.8, 4) is 0 Å². The van der Waals surface area contributed by atoms with Crippen LogP contribution in [0.3, 0.4) is 0 Å². The lowest BCUT2D eigenvalue weighted by Gasteiger charge is -1.84. The van der Waals surface area contributed by atoms with Gasteiger partial charge in [0.2, 0.25) is 0 Å². The summed E-state index contributed by atoms with van der Waals surface area (Å²) in [6.07, 6.45) is 3.71. The lowest BCUT2D eigenvalue weighted by molar-refractivity contribution is 0.424. The van der Waals surface area contributed by atoms with Crippen molar-refractivity contribution in [2.75, 3.05) is 0 Å². The predicted molar refractivity (Wildman–Crippen MR) is 34.2 cm³/mol. The fourth-order valence-corrected chi connectivity index (χ4v) is 0.385. The van der Waals surface area contributed by atoms with E-state index in [0.29, 0.717) is 0 Å². The number of hydrogen-bond donors (Lipinski definition) is 2. The number of hydrogen-bond acceptors (Lipinski definition) is 2. The van der Waals surface area contributed by atoms with Gasteiger partial charge in [-0.25, -0.2) is 0 Å². The van der Waals surface area contributed by atoms with Crippen molar-refractivity contribution in [3.05, 3.63) is 12.1 Å². The SMILES string of the molecule is CCC/C=C\B(O)O. The fraction of sp³-hybridized carbons (Fsp3) is 0.600. The molecule has 0 saturated heterocycles. The van der Waals surface area contributed by atoms with Crippen molar-refractivity contribution >= 4 is 7.12 Å². The van der Waals surface area contributed by atoms with E-state index in [1.165, 1.54) is 5.98 Å². The second-order valence-electron chi connectivity index (χ2n) is 1.63. The molecule has 0 fully saturated rings. The zero-order valence-corrected chi connectivity index (χ0v) is 5.04. The van der Waals surface area contributed by atoms with Gasteiger partial charge >= 0.3 is 7.12 Å². The first-order chi connectivity index (χ1) is 3.77. The van der Waals surface area contributed by atoms with E-state index in [1.54, 1.807) is 6.08 Å². The van der Waals surface area contributed by atoms with Crippen LogP contribution in [0, 0.1) is 0 Å². The highest BCUT2D eigenvalue weighted by molar-refractivity contribution is 6.47. The molecule has 0 rings (SSSR count). The molecule has 0 unspecified atom stereocenters. The van der Waals surface area contributed by atoms with Gasteiger partial charge in [-0.2, -0.15) is 0 Å². The second kappa shape index (κ2) is 4.87. The highest BCUT2D eigenvalue weighted by Gasteiger charge is 1.95. The summed E-state index contributed by atoms with van der Waals surface area (Å²) in [5, 5.41) is 16.5. The first-order valence-corrected chi connectivity index (χ1v) is 2.80. The van der Waals surface area contributed by atoms with Crippen molar-refractivity contribution in [2.24, 2.45) is 0 Å². The minimum atomic E-state index is -1.28. The van der Waals surface area contributed by atoms with Gasteiger partial charge in [-0.1, -0.05) is 25.4 Å². The van der Waals surface area contributed by atoms with Crippen LogP contribution in [0.4, 0.5) is 0 Å². The third-order valence-corrected chi connectivity index (χ3v) is 0.764. The Labute approximate surface area is 50.0 Å². The van der Waals surface area contributed by atoms with E-state index in [1.807, 2.05) is 6.92 Å². The standard InChI is InChI=1S/C5H11BO2/c1-2-3-4-5-6(7)8/h4-5,7-8H,2-3H2,1H3/b5-4-. The van der Waals surface area contributed by atoms with E-state index in [9.17, 15) is 0 Å². The van der Waals surface area contributed by atoms with Gasteiger partial charge < -0.3 is 10.0 Å². The molecular formula is C5H11BO2. The second-order valence-corrected chi connectivity index (χ2v) is 1.63. The topological polar surface area (TPSA) is 40.5 Å². The lowest BCUT2D eigenvalue weighted by Crippen LogP contribution is -2.05. The molecule has 0 aromatic heterocycles. The molecule has 0 radical (unpaired) electrons. The highest BCUT2D eigenvalue weighted by Crippen LogP contribution is 1.87.